The molecule has 0 amide bonds. The van der Waals surface area contributed by atoms with Crippen molar-refractivity contribution in [3.8, 4) is 0 Å². The summed E-state index contributed by atoms with van der Waals surface area (Å²) < 4.78 is 11.2. The molecule has 0 bridgehead atoms. The Balaban J connectivity index is 3.45. The van der Waals surface area contributed by atoms with E-state index < -0.39 is 0 Å². The summed E-state index contributed by atoms with van der Waals surface area (Å²) in [5, 5.41) is 0. The first-order chi connectivity index (χ1) is 8.21. The summed E-state index contributed by atoms with van der Waals surface area (Å²) in [7, 11) is 0. The Bertz CT molecular complexity index is 223. The molecule has 0 heterocycles. The first kappa shape index (κ1) is 17.4. The quantitative estimate of drug-likeness (QED) is 0.491. The maximum Gasteiger partial charge on any atom is 0.0654 e. The van der Waals surface area contributed by atoms with Gasteiger partial charge in [0.2, 0.25) is 0 Å². The van der Waals surface area contributed by atoms with Crippen LogP contribution in [0.15, 0.2) is 24.3 Å². The van der Waals surface area contributed by atoms with Crippen LogP contribution in [0, 0.1) is 0 Å². The van der Waals surface area contributed by atoms with E-state index in [0.29, 0.717) is 13.2 Å². The largest absolute Gasteiger partial charge is 0.372 e. The van der Waals surface area contributed by atoms with Gasteiger partial charge in [-0.1, -0.05) is 24.3 Å². The Morgan fingerprint density at radius 1 is 0.611 bits per heavy atom. The van der Waals surface area contributed by atoms with Gasteiger partial charge in [-0.3, -0.25) is 0 Å². The van der Waals surface area contributed by atoms with Gasteiger partial charge in [-0.15, -0.1) is 0 Å². The fourth-order valence-corrected chi connectivity index (χ4v) is 1.16. The Hall–Kier alpha value is -0.600. The van der Waals surface area contributed by atoms with Crippen molar-refractivity contribution in [1.29, 1.82) is 0 Å². The van der Waals surface area contributed by atoms with Gasteiger partial charge in [0.25, 0.3) is 0 Å². The lowest BCUT2D eigenvalue weighted by Crippen LogP contribution is -2.18. The van der Waals surface area contributed by atoms with Crippen LogP contribution < -0.4 is 0 Å². The van der Waals surface area contributed by atoms with E-state index in [4.69, 9.17) is 9.47 Å². The van der Waals surface area contributed by atoms with Crippen LogP contribution in [-0.2, 0) is 9.47 Å². The van der Waals surface area contributed by atoms with E-state index in [0.717, 1.165) is 12.8 Å². The van der Waals surface area contributed by atoms with Crippen LogP contribution in [0.25, 0.3) is 0 Å². The fraction of sp³-hybridized carbons (Fsp3) is 0.750. The van der Waals surface area contributed by atoms with Crippen molar-refractivity contribution < 1.29 is 9.47 Å². The van der Waals surface area contributed by atoms with Crippen molar-refractivity contribution in [2.24, 2.45) is 0 Å². The number of rotatable bonds is 7. The van der Waals surface area contributed by atoms with Gasteiger partial charge in [-0.25, -0.2) is 0 Å². The van der Waals surface area contributed by atoms with Gasteiger partial charge in [0, 0.05) is 0 Å². The maximum absolute atomic E-state index is 5.59. The lowest BCUT2D eigenvalue weighted by molar-refractivity contribution is 0.0144. The van der Waals surface area contributed by atoms with E-state index in [1.807, 2.05) is 0 Å². The van der Waals surface area contributed by atoms with E-state index in [1.165, 1.54) is 0 Å². The molecule has 0 aliphatic rings. The number of unbranched alkanes of at least 4 members (excludes halogenated alkanes) is 1. The van der Waals surface area contributed by atoms with Crippen molar-refractivity contribution in [1.82, 2.24) is 0 Å². The molecule has 0 aromatic heterocycles. The summed E-state index contributed by atoms with van der Waals surface area (Å²) in [6.45, 7) is 13.8. The first-order valence-corrected chi connectivity index (χ1v) is 6.79. The third kappa shape index (κ3) is 15.4. The Kier molecular flexibility index (Phi) is 8.21. The smallest absolute Gasteiger partial charge is 0.0654 e. The standard InChI is InChI=1S/C16H30O2/c1-15(2,3)17-13-11-9-7-8-10-12-14-18-16(4,5)6/h9-12H,7-8,13-14H2,1-6H3/b11-9+,12-10+. The van der Waals surface area contributed by atoms with Gasteiger partial charge in [0.05, 0.1) is 24.4 Å². The second kappa shape index (κ2) is 8.49. The van der Waals surface area contributed by atoms with Crippen molar-refractivity contribution in [2.45, 2.75) is 65.6 Å². The van der Waals surface area contributed by atoms with Crippen molar-refractivity contribution in [3.63, 3.8) is 0 Å². The van der Waals surface area contributed by atoms with Crippen molar-refractivity contribution >= 4 is 0 Å². The minimum Gasteiger partial charge on any atom is -0.372 e. The van der Waals surface area contributed by atoms with E-state index in [1.54, 1.807) is 0 Å². The Morgan fingerprint density at radius 3 is 1.22 bits per heavy atom. The molecule has 0 aromatic carbocycles. The zero-order valence-electron chi connectivity index (χ0n) is 13.0. The van der Waals surface area contributed by atoms with Crippen LogP contribution >= 0.6 is 0 Å². The minimum absolute atomic E-state index is 0.0471. The predicted octanol–water partition coefficient (Wildman–Crippen LogP) is 4.51. The number of ether oxygens (including phenoxy) is 2. The second-order valence-corrected chi connectivity index (χ2v) is 6.37. The highest BCUT2D eigenvalue weighted by Crippen LogP contribution is 2.07. The molecule has 0 rings (SSSR count). The Labute approximate surface area is 113 Å². The summed E-state index contributed by atoms with van der Waals surface area (Å²) in [5.74, 6) is 0. The van der Waals surface area contributed by atoms with Crippen LogP contribution in [0.4, 0.5) is 0 Å². The molecule has 0 aliphatic carbocycles. The molecular weight excluding hydrogens is 224 g/mol. The predicted molar refractivity (Wildman–Crippen MR) is 78.9 cm³/mol. The second-order valence-electron chi connectivity index (χ2n) is 6.37. The molecule has 106 valence electrons. The molecule has 0 spiro atoms. The van der Waals surface area contributed by atoms with Gasteiger partial charge in [-0.2, -0.15) is 0 Å². The SMILES string of the molecule is CC(C)(C)OC/C=C/CC/C=C/COC(C)(C)C. The summed E-state index contributed by atoms with van der Waals surface area (Å²) >= 11 is 0. The molecule has 0 saturated carbocycles. The molecule has 0 atom stereocenters. The third-order valence-electron chi connectivity index (χ3n) is 2.06. The lowest BCUT2D eigenvalue weighted by atomic mass is 10.2. The van der Waals surface area contributed by atoms with Gasteiger partial charge in [0.1, 0.15) is 0 Å². The number of hydrogen-bond donors (Lipinski definition) is 0. The molecule has 0 unspecified atom stereocenters. The fourth-order valence-electron chi connectivity index (χ4n) is 1.16. The molecule has 0 N–H and O–H groups in total. The average molecular weight is 254 g/mol. The number of allylic oxidation sites excluding steroid dienone is 2. The molecule has 0 radical (unpaired) electrons. The van der Waals surface area contributed by atoms with Gasteiger partial charge in [0.15, 0.2) is 0 Å². The highest BCUT2D eigenvalue weighted by molar-refractivity contribution is 4.88. The summed E-state index contributed by atoms with van der Waals surface area (Å²) in [5.41, 5.74) is -0.0942. The van der Waals surface area contributed by atoms with Gasteiger partial charge >= 0.3 is 0 Å². The molecular formula is C16H30O2. The lowest BCUT2D eigenvalue weighted by Gasteiger charge is -2.17. The summed E-state index contributed by atoms with van der Waals surface area (Å²) in [6.07, 6.45) is 10.6. The van der Waals surface area contributed by atoms with Gasteiger partial charge in [-0.05, 0) is 54.4 Å². The molecule has 0 aliphatic heterocycles. The summed E-state index contributed by atoms with van der Waals surface area (Å²) in [4.78, 5) is 0. The summed E-state index contributed by atoms with van der Waals surface area (Å²) in [6, 6.07) is 0. The van der Waals surface area contributed by atoms with Crippen LogP contribution in [0.5, 0.6) is 0 Å². The minimum atomic E-state index is -0.0471. The highest BCUT2D eigenvalue weighted by atomic mass is 16.5. The zero-order valence-corrected chi connectivity index (χ0v) is 13.0. The third-order valence-corrected chi connectivity index (χ3v) is 2.06. The van der Waals surface area contributed by atoms with Crippen molar-refractivity contribution in [2.75, 3.05) is 13.2 Å². The molecule has 0 aromatic rings. The first-order valence-electron chi connectivity index (χ1n) is 6.79. The highest BCUT2D eigenvalue weighted by Gasteiger charge is 2.08. The van der Waals surface area contributed by atoms with Gasteiger partial charge < -0.3 is 9.47 Å². The molecule has 2 nitrogen and oxygen atoms in total. The Morgan fingerprint density at radius 2 is 0.944 bits per heavy atom. The molecule has 18 heavy (non-hydrogen) atoms. The van der Waals surface area contributed by atoms with E-state index in [-0.39, 0.29) is 11.2 Å². The monoisotopic (exact) mass is 254 g/mol. The van der Waals surface area contributed by atoms with E-state index in [9.17, 15) is 0 Å². The maximum atomic E-state index is 5.59. The van der Waals surface area contributed by atoms with Crippen LogP contribution in [0.3, 0.4) is 0 Å². The normalized spacial score (nSPS) is 13.9. The van der Waals surface area contributed by atoms with Crippen molar-refractivity contribution in [3.05, 3.63) is 24.3 Å². The van der Waals surface area contributed by atoms with E-state index in [2.05, 4.69) is 65.8 Å². The van der Waals surface area contributed by atoms with E-state index >= 15 is 0 Å². The molecule has 0 saturated heterocycles. The van der Waals surface area contributed by atoms with Crippen LogP contribution in [0.2, 0.25) is 0 Å². The van der Waals surface area contributed by atoms with Crippen LogP contribution in [0.1, 0.15) is 54.4 Å². The van der Waals surface area contributed by atoms with Crippen LogP contribution in [-0.4, -0.2) is 24.4 Å². The topological polar surface area (TPSA) is 18.5 Å². The number of hydrogen-bond acceptors (Lipinski definition) is 2. The molecule has 2 heteroatoms. The molecule has 0 fully saturated rings. The zero-order chi connectivity index (χ0) is 14.1. The average Bonchev–Trinajstić information content (AvgIpc) is 2.17.